The lowest BCUT2D eigenvalue weighted by Crippen LogP contribution is -2.57. The monoisotopic (exact) mass is 802 g/mol. The number of hydrogen-bond acceptors (Lipinski definition) is 0. The highest BCUT2D eigenvalue weighted by molar-refractivity contribution is 7.01. The largest absolute Gasteiger partial charge is 0.244 e. The van der Waals surface area contributed by atoms with Crippen LogP contribution < -0.4 is 16.4 Å². The molecule has 0 N–H and O–H groups in total. The zero-order chi connectivity index (χ0) is 42.4. The molecule has 0 saturated heterocycles. The minimum atomic E-state index is -0.166. The van der Waals surface area contributed by atoms with Crippen LogP contribution in [0, 0.1) is 0 Å². The van der Waals surface area contributed by atoms with Gasteiger partial charge in [0.1, 0.15) is 0 Å². The Kier molecular flexibility index (Phi) is 5.94. The Balaban J connectivity index is 1.18. The van der Waals surface area contributed by atoms with E-state index in [0.717, 1.165) is 0 Å². The summed E-state index contributed by atoms with van der Waals surface area (Å²) in [4.78, 5) is 0. The van der Waals surface area contributed by atoms with Crippen LogP contribution in [0.1, 0.15) is 99.9 Å². The first-order valence-electron chi connectivity index (χ1n) is 23.2. The van der Waals surface area contributed by atoms with E-state index in [-0.39, 0.29) is 28.4 Å². The molecule has 298 valence electrons. The highest BCUT2D eigenvalue weighted by Crippen LogP contribution is 2.62. The van der Waals surface area contributed by atoms with Crippen LogP contribution in [0.3, 0.4) is 0 Å². The Morgan fingerprint density at radius 2 is 0.556 bits per heavy atom. The van der Waals surface area contributed by atoms with Crippen molar-refractivity contribution in [3.05, 3.63) is 184 Å². The quantitative estimate of drug-likeness (QED) is 0.134. The Morgan fingerprint density at radius 3 is 0.889 bits per heavy atom. The summed E-state index contributed by atoms with van der Waals surface area (Å²) >= 11 is 0. The molecule has 2 heterocycles. The molecule has 9 aromatic rings. The van der Waals surface area contributed by atoms with Gasteiger partial charge in [0.25, 0.3) is 0 Å². The third-order valence-corrected chi connectivity index (χ3v) is 17.5. The lowest BCUT2D eigenvalue weighted by Gasteiger charge is -2.38. The maximum Gasteiger partial charge on any atom is 0.244 e. The number of fused-ring (bicyclic) bond motifs is 20. The van der Waals surface area contributed by atoms with Gasteiger partial charge in [-0.15, -0.1) is 0 Å². The first kappa shape index (κ1) is 35.1. The summed E-state index contributed by atoms with van der Waals surface area (Å²) < 4.78 is 0. The normalized spacial score (nSPS) is 17.7. The molecule has 0 unspecified atom stereocenters. The fraction of sp³-hybridized carbons (Fsp3) is 0.194. The van der Waals surface area contributed by atoms with Crippen molar-refractivity contribution in [3.8, 4) is 66.8 Å². The van der Waals surface area contributed by atoms with E-state index in [4.69, 9.17) is 0 Å². The van der Waals surface area contributed by atoms with Crippen molar-refractivity contribution in [3.63, 3.8) is 0 Å². The summed E-state index contributed by atoms with van der Waals surface area (Å²) in [5.41, 5.74) is 32.3. The smallest absolute Gasteiger partial charge is 0.0619 e. The van der Waals surface area contributed by atoms with E-state index in [1.54, 1.807) is 0 Å². The van der Waals surface area contributed by atoms with E-state index in [9.17, 15) is 0 Å². The highest BCUT2D eigenvalue weighted by atomic mass is 14.5. The van der Waals surface area contributed by atoms with Crippen LogP contribution in [-0.2, 0) is 21.7 Å². The Labute approximate surface area is 370 Å². The van der Waals surface area contributed by atoms with Crippen molar-refractivity contribution >= 4 is 44.6 Å². The second-order valence-corrected chi connectivity index (χ2v) is 21.9. The molecule has 0 spiro atoms. The molecule has 0 amide bonds. The number of rotatable bonds is 0. The number of hydrogen-bond donors (Lipinski definition) is 0. The Hall–Kier alpha value is -6.44. The van der Waals surface area contributed by atoms with Gasteiger partial charge in [0, 0.05) is 21.7 Å². The third-order valence-electron chi connectivity index (χ3n) is 17.5. The second-order valence-electron chi connectivity index (χ2n) is 21.9. The van der Waals surface area contributed by atoms with Gasteiger partial charge in [-0.2, -0.15) is 0 Å². The van der Waals surface area contributed by atoms with Gasteiger partial charge in [0.2, 0.25) is 6.71 Å². The summed E-state index contributed by atoms with van der Waals surface area (Å²) in [6, 6.07) is 55.1. The van der Waals surface area contributed by atoms with Crippen molar-refractivity contribution < 1.29 is 0 Å². The standard InChI is InChI=1S/C62H47B/c1-59(2)44-24-13-9-18-32(44)40-28-38-36-22-17-23-37-39-29-41-33-19-10-14-25-45(33)60(3,4)55(41)53-51(39)49(31-43-35-21-12-16-27-47(35)62(7,8)57(43)53)63(58(36)37)48-30-42-34-20-11-15-26-46(34)61(5,6)56(42)52(50(38)48)54(40)59/h9-31H,1-8H3. The molecule has 1 heteroatoms. The maximum absolute atomic E-state index is 2.69. The predicted molar refractivity (Wildman–Crippen MR) is 267 cm³/mol. The van der Waals surface area contributed by atoms with Crippen molar-refractivity contribution in [2.45, 2.75) is 77.0 Å². The summed E-state index contributed by atoms with van der Waals surface area (Å²) in [5.74, 6) is 0. The van der Waals surface area contributed by atoms with E-state index in [1.807, 2.05) is 0 Å². The minimum absolute atomic E-state index is 0.0680. The molecular formula is C62H47B. The van der Waals surface area contributed by atoms with E-state index in [0.29, 0.717) is 0 Å². The van der Waals surface area contributed by atoms with Gasteiger partial charge in [0.05, 0.1) is 0 Å². The lowest BCUT2D eigenvalue weighted by atomic mass is 9.30. The molecule has 0 nitrogen and oxygen atoms in total. The van der Waals surface area contributed by atoms with Gasteiger partial charge in [-0.3, -0.25) is 0 Å². The van der Waals surface area contributed by atoms with Gasteiger partial charge < -0.3 is 0 Å². The van der Waals surface area contributed by atoms with Crippen molar-refractivity contribution in [2.24, 2.45) is 0 Å². The van der Waals surface area contributed by atoms with Gasteiger partial charge in [-0.1, -0.05) is 199 Å². The molecule has 0 saturated carbocycles. The van der Waals surface area contributed by atoms with Crippen molar-refractivity contribution in [1.82, 2.24) is 0 Å². The molecule has 0 fully saturated rings. The van der Waals surface area contributed by atoms with Crippen LogP contribution in [0.25, 0.3) is 88.3 Å². The van der Waals surface area contributed by atoms with E-state index in [1.165, 1.54) is 149 Å². The second kappa shape index (κ2) is 10.7. The first-order chi connectivity index (χ1) is 30.3. The minimum Gasteiger partial charge on any atom is -0.0619 e. The van der Waals surface area contributed by atoms with E-state index >= 15 is 0 Å². The molecule has 0 radical (unpaired) electrons. The van der Waals surface area contributed by atoms with Gasteiger partial charge in [0.15, 0.2) is 0 Å². The predicted octanol–water partition coefficient (Wildman–Crippen LogP) is 13.7. The van der Waals surface area contributed by atoms with Gasteiger partial charge in [-0.25, -0.2) is 0 Å². The summed E-state index contributed by atoms with van der Waals surface area (Å²) in [7, 11) is 0. The summed E-state index contributed by atoms with van der Waals surface area (Å²) in [6.45, 7) is 20.0. The maximum atomic E-state index is 2.69. The molecule has 0 atom stereocenters. The van der Waals surface area contributed by atoms with Crippen LogP contribution in [0.4, 0.5) is 0 Å². The van der Waals surface area contributed by atoms with Gasteiger partial charge >= 0.3 is 0 Å². The van der Waals surface area contributed by atoms with Crippen molar-refractivity contribution in [1.29, 1.82) is 0 Å². The first-order valence-corrected chi connectivity index (χ1v) is 23.2. The Morgan fingerprint density at radius 1 is 0.270 bits per heavy atom. The topological polar surface area (TPSA) is 0 Å². The average molecular weight is 803 g/mol. The molecule has 0 aromatic heterocycles. The van der Waals surface area contributed by atoms with E-state index in [2.05, 4.69) is 195 Å². The molecular weight excluding hydrogens is 755 g/mol. The zero-order valence-corrected chi connectivity index (χ0v) is 37.4. The van der Waals surface area contributed by atoms with Crippen LogP contribution in [0.2, 0.25) is 0 Å². The lowest BCUT2D eigenvalue weighted by molar-refractivity contribution is 0.650. The Bertz CT molecular complexity index is 3460. The molecule has 15 rings (SSSR count). The van der Waals surface area contributed by atoms with Crippen LogP contribution >= 0.6 is 0 Å². The summed E-state index contributed by atoms with van der Waals surface area (Å²) in [6.07, 6.45) is 0. The fourth-order valence-corrected chi connectivity index (χ4v) is 15.1. The van der Waals surface area contributed by atoms with Crippen LogP contribution in [-0.4, -0.2) is 6.71 Å². The molecule has 2 aliphatic heterocycles. The third kappa shape index (κ3) is 3.70. The highest BCUT2D eigenvalue weighted by Gasteiger charge is 2.50. The SMILES string of the molecule is CC1(C)c2ccccc2-c2cc3c4c(cc5c(c4c21)C(C)(C)c1ccccc1-5)-c1cccc2c1B3c1cc3c(c4c5c(cc-2c14)-c1ccccc1C5(C)C)C(C)(C)c1ccccc1-3. The van der Waals surface area contributed by atoms with Crippen LogP contribution in [0.5, 0.6) is 0 Å². The molecule has 9 aromatic carbocycles. The molecule has 4 aliphatic carbocycles. The molecule has 0 bridgehead atoms. The zero-order valence-electron chi connectivity index (χ0n) is 37.4. The van der Waals surface area contributed by atoms with Gasteiger partial charge in [-0.05, 0) is 145 Å². The summed E-state index contributed by atoms with van der Waals surface area (Å²) in [5, 5.41) is 5.92. The number of benzene rings is 9. The van der Waals surface area contributed by atoms with Crippen molar-refractivity contribution in [2.75, 3.05) is 0 Å². The van der Waals surface area contributed by atoms with E-state index < -0.39 is 0 Å². The molecule has 63 heavy (non-hydrogen) atoms. The average Bonchev–Trinajstić information content (AvgIpc) is 3.86. The fourth-order valence-electron chi connectivity index (χ4n) is 15.1. The molecule has 6 aliphatic rings. The van der Waals surface area contributed by atoms with Crippen LogP contribution in [0.15, 0.2) is 140 Å².